The molecule has 0 atom stereocenters. The average Bonchev–Trinajstić information content (AvgIpc) is 2.32. The molecular weight excluding hydrogens is 274 g/mol. The Labute approximate surface area is 123 Å². The molecule has 0 unspecified atom stereocenters. The van der Waals surface area contributed by atoms with Crippen LogP contribution in [0.2, 0.25) is 0 Å². The van der Waals surface area contributed by atoms with E-state index in [1.165, 1.54) is 0 Å². The van der Waals surface area contributed by atoms with Gasteiger partial charge < -0.3 is 10.4 Å². The number of rotatable bonds is 4. The molecule has 8 nitrogen and oxygen atoms in total. The highest BCUT2D eigenvalue weighted by molar-refractivity contribution is 5.88. The van der Waals surface area contributed by atoms with Crippen molar-refractivity contribution >= 4 is 17.9 Å². The first-order valence-corrected chi connectivity index (χ1v) is 6.48. The van der Waals surface area contributed by atoms with Gasteiger partial charge in [0, 0.05) is 0 Å². The van der Waals surface area contributed by atoms with Crippen LogP contribution in [0.4, 0.5) is 10.7 Å². The summed E-state index contributed by atoms with van der Waals surface area (Å²) in [5, 5.41) is 21.9. The second kappa shape index (κ2) is 5.63. The largest absolute Gasteiger partial charge is 0.481 e. The Balaban J connectivity index is 2.81. The maximum atomic E-state index is 12.0. The van der Waals surface area contributed by atoms with Crippen LogP contribution in [0.1, 0.15) is 39.1 Å². The van der Waals surface area contributed by atoms with E-state index in [1.54, 1.807) is 41.5 Å². The molecule has 21 heavy (non-hydrogen) atoms. The van der Waals surface area contributed by atoms with E-state index in [0.717, 1.165) is 0 Å². The third-order valence-electron chi connectivity index (χ3n) is 3.84. The molecule has 0 aliphatic heterocycles. The van der Waals surface area contributed by atoms with Crippen LogP contribution in [-0.2, 0) is 4.79 Å². The van der Waals surface area contributed by atoms with E-state index in [1.807, 2.05) is 0 Å². The number of nitrogens with one attached hydrogen (secondary N) is 2. The van der Waals surface area contributed by atoms with Crippen molar-refractivity contribution < 1.29 is 14.7 Å². The fraction of sp³-hybridized carbons (Fsp3) is 0.615. The highest BCUT2D eigenvalue weighted by atomic mass is 16.4. The molecule has 1 aromatic heterocycles. The van der Waals surface area contributed by atoms with E-state index in [4.69, 9.17) is 0 Å². The molecule has 0 bridgehead atoms. The van der Waals surface area contributed by atoms with Crippen LogP contribution in [0.25, 0.3) is 0 Å². The zero-order chi connectivity index (χ0) is 16.4. The summed E-state index contributed by atoms with van der Waals surface area (Å²) in [6.45, 7) is 9.88. The Hall–Kier alpha value is -2.25. The molecule has 0 aromatic carbocycles. The van der Waals surface area contributed by atoms with Crippen LogP contribution in [-0.4, -0.2) is 37.8 Å². The third-order valence-corrected chi connectivity index (χ3v) is 3.84. The summed E-state index contributed by atoms with van der Waals surface area (Å²) in [4.78, 5) is 27.3. The highest BCUT2D eigenvalue weighted by Gasteiger charge is 2.44. The lowest BCUT2D eigenvalue weighted by atomic mass is 9.74. The van der Waals surface area contributed by atoms with E-state index in [2.05, 4.69) is 25.8 Å². The molecule has 1 aromatic rings. The normalized spacial score (nSPS) is 11.9. The molecule has 0 saturated heterocycles. The Morgan fingerprint density at radius 2 is 1.62 bits per heavy atom. The van der Waals surface area contributed by atoms with Gasteiger partial charge in [-0.3, -0.25) is 10.1 Å². The Morgan fingerprint density at radius 3 is 2.10 bits per heavy atom. The zero-order valence-corrected chi connectivity index (χ0v) is 13.1. The van der Waals surface area contributed by atoms with Crippen molar-refractivity contribution in [2.75, 3.05) is 5.32 Å². The Bertz CT molecular complexity index is 569. The minimum atomic E-state index is -1.15. The van der Waals surface area contributed by atoms with Crippen molar-refractivity contribution in [3.63, 3.8) is 0 Å². The number of aromatic nitrogens is 3. The molecule has 0 fully saturated rings. The number of urea groups is 1. The molecule has 0 saturated carbocycles. The first kappa shape index (κ1) is 16.8. The lowest BCUT2D eigenvalue weighted by Crippen LogP contribution is -2.57. The quantitative estimate of drug-likeness (QED) is 0.775. The van der Waals surface area contributed by atoms with Gasteiger partial charge in [-0.05, 0) is 41.5 Å². The Morgan fingerprint density at radius 1 is 1.05 bits per heavy atom. The minimum absolute atomic E-state index is 0.0690. The topological polar surface area (TPSA) is 117 Å². The van der Waals surface area contributed by atoms with Gasteiger partial charge in [0.2, 0.25) is 0 Å². The molecule has 1 heterocycles. The van der Waals surface area contributed by atoms with Gasteiger partial charge in [-0.15, -0.1) is 5.10 Å². The average molecular weight is 295 g/mol. The SMILES string of the molecule is Cc1nnc(NC(=O)NC(C)(C)C(C)(C)C(=O)O)nc1C. The number of amides is 2. The summed E-state index contributed by atoms with van der Waals surface area (Å²) < 4.78 is 0. The van der Waals surface area contributed by atoms with Crippen molar-refractivity contribution in [1.82, 2.24) is 20.5 Å². The van der Waals surface area contributed by atoms with E-state index < -0.39 is 23.0 Å². The summed E-state index contributed by atoms with van der Waals surface area (Å²) in [5.41, 5.74) is -0.790. The van der Waals surface area contributed by atoms with Crippen molar-refractivity contribution in [2.45, 2.75) is 47.1 Å². The number of carboxylic acid groups (broad SMARTS) is 1. The number of hydrogen-bond acceptors (Lipinski definition) is 5. The number of anilines is 1. The molecule has 0 aliphatic carbocycles. The lowest BCUT2D eigenvalue weighted by Gasteiger charge is -2.38. The lowest BCUT2D eigenvalue weighted by molar-refractivity contribution is -0.150. The zero-order valence-electron chi connectivity index (χ0n) is 13.1. The maximum absolute atomic E-state index is 12.0. The van der Waals surface area contributed by atoms with Gasteiger partial charge >= 0.3 is 12.0 Å². The second-order valence-corrected chi connectivity index (χ2v) is 5.94. The number of carbonyl (C=O) groups is 2. The van der Waals surface area contributed by atoms with E-state index in [-0.39, 0.29) is 5.95 Å². The number of carbonyl (C=O) groups excluding carboxylic acids is 1. The molecule has 8 heteroatoms. The van der Waals surface area contributed by atoms with Gasteiger partial charge in [-0.1, -0.05) is 0 Å². The predicted octanol–water partition coefficient (Wildman–Crippen LogP) is 1.50. The van der Waals surface area contributed by atoms with Crippen LogP contribution in [0.3, 0.4) is 0 Å². The first-order valence-electron chi connectivity index (χ1n) is 6.48. The summed E-state index contributed by atoms with van der Waals surface area (Å²) in [7, 11) is 0. The fourth-order valence-corrected chi connectivity index (χ4v) is 1.35. The smallest absolute Gasteiger partial charge is 0.322 e. The number of nitrogens with zero attached hydrogens (tertiary/aromatic N) is 3. The highest BCUT2D eigenvalue weighted by Crippen LogP contribution is 2.30. The monoisotopic (exact) mass is 295 g/mol. The summed E-state index contributed by atoms with van der Waals surface area (Å²) in [6.07, 6.45) is 0. The molecule has 1 rings (SSSR count). The van der Waals surface area contributed by atoms with Gasteiger partial charge in [0.25, 0.3) is 5.95 Å². The molecule has 0 aliphatic rings. The third kappa shape index (κ3) is 3.65. The maximum Gasteiger partial charge on any atom is 0.322 e. The standard InChI is InChI=1S/C13H21N5O3/c1-7-8(2)17-18-10(14-7)15-11(21)16-13(5,6)12(3,4)9(19)20/h1-6H3,(H,19,20)(H2,14,15,16,18,21). The fourth-order valence-electron chi connectivity index (χ4n) is 1.35. The first-order chi connectivity index (χ1) is 9.47. The van der Waals surface area contributed by atoms with E-state index in [9.17, 15) is 14.7 Å². The molecule has 2 amide bonds. The molecule has 116 valence electrons. The number of aryl methyl sites for hydroxylation is 2. The van der Waals surface area contributed by atoms with Crippen molar-refractivity contribution in [2.24, 2.45) is 5.41 Å². The van der Waals surface area contributed by atoms with Gasteiger partial charge in [-0.2, -0.15) is 5.10 Å². The molecule has 0 radical (unpaired) electrons. The summed E-state index contributed by atoms with van der Waals surface area (Å²) >= 11 is 0. The number of hydrogen-bond donors (Lipinski definition) is 3. The summed E-state index contributed by atoms with van der Waals surface area (Å²) in [5.74, 6) is -0.934. The number of aliphatic carboxylic acids is 1. The van der Waals surface area contributed by atoms with Crippen LogP contribution in [0, 0.1) is 19.3 Å². The van der Waals surface area contributed by atoms with Gasteiger partial charge in [-0.25, -0.2) is 9.78 Å². The van der Waals surface area contributed by atoms with Crippen molar-refractivity contribution in [1.29, 1.82) is 0 Å². The van der Waals surface area contributed by atoms with E-state index >= 15 is 0 Å². The molecular formula is C13H21N5O3. The van der Waals surface area contributed by atoms with Gasteiger partial charge in [0.1, 0.15) is 0 Å². The Kier molecular flexibility index (Phi) is 4.50. The van der Waals surface area contributed by atoms with Gasteiger partial charge in [0.15, 0.2) is 0 Å². The van der Waals surface area contributed by atoms with Gasteiger partial charge in [0.05, 0.1) is 22.3 Å². The van der Waals surface area contributed by atoms with Crippen LogP contribution < -0.4 is 10.6 Å². The minimum Gasteiger partial charge on any atom is -0.481 e. The summed E-state index contributed by atoms with van der Waals surface area (Å²) in [6, 6.07) is -0.584. The predicted molar refractivity (Wildman–Crippen MR) is 77.0 cm³/mol. The van der Waals surface area contributed by atoms with Crippen molar-refractivity contribution in [3.05, 3.63) is 11.4 Å². The number of carboxylic acids is 1. The molecule has 3 N–H and O–H groups in total. The van der Waals surface area contributed by atoms with E-state index in [0.29, 0.717) is 11.4 Å². The van der Waals surface area contributed by atoms with Crippen LogP contribution in [0.5, 0.6) is 0 Å². The molecule has 0 spiro atoms. The second-order valence-electron chi connectivity index (χ2n) is 5.94. The van der Waals surface area contributed by atoms with Crippen molar-refractivity contribution in [3.8, 4) is 0 Å². The van der Waals surface area contributed by atoms with Crippen LogP contribution >= 0.6 is 0 Å². The van der Waals surface area contributed by atoms with Crippen LogP contribution in [0.15, 0.2) is 0 Å².